The van der Waals surface area contributed by atoms with Gasteiger partial charge >= 0.3 is 0 Å². The van der Waals surface area contributed by atoms with Gasteiger partial charge in [-0.2, -0.15) is 0 Å². The first kappa shape index (κ1) is 17.2. The lowest BCUT2D eigenvalue weighted by Crippen LogP contribution is -2.46. The zero-order chi connectivity index (χ0) is 17.3. The normalized spacial score (nSPS) is 22.3. The second kappa shape index (κ2) is 7.07. The Balaban J connectivity index is 1.88. The van der Waals surface area contributed by atoms with Crippen LogP contribution >= 0.6 is 0 Å². The van der Waals surface area contributed by atoms with Gasteiger partial charge in [-0.3, -0.25) is 9.59 Å². The number of nitrogens with one attached hydrogen (secondary N) is 1. The molecule has 0 radical (unpaired) electrons. The molecule has 2 atom stereocenters. The number of hydrogen-bond acceptors (Lipinski definition) is 4. The lowest BCUT2D eigenvalue weighted by atomic mass is 9.84. The Labute approximate surface area is 143 Å². The summed E-state index contributed by atoms with van der Waals surface area (Å²) in [6, 6.07) is 3.73. The van der Waals surface area contributed by atoms with E-state index in [2.05, 4.69) is 5.32 Å². The fourth-order valence-electron chi connectivity index (χ4n) is 3.85. The fraction of sp³-hybridized carbons (Fsp3) is 0.667. The maximum absolute atomic E-state index is 12.9. The molecule has 24 heavy (non-hydrogen) atoms. The summed E-state index contributed by atoms with van der Waals surface area (Å²) < 4.78 is 1.85. The van der Waals surface area contributed by atoms with E-state index in [1.807, 2.05) is 36.6 Å². The number of aromatic nitrogens is 1. The number of nitrogens with zero attached hydrogens (tertiary/aromatic N) is 3. The van der Waals surface area contributed by atoms with Crippen molar-refractivity contribution in [3.63, 3.8) is 0 Å². The van der Waals surface area contributed by atoms with Crippen LogP contribution in [0.25, 0.3) is 0 Å². The molecule has 132 valence electrons. The first-order valence-electron chi connectivity index (χ1n) is 8.89. The molecule has 1 N–H and O–H groups in total. The quantitative estimate of drug-likeness (QED) is 0.857. The number of carbonyl (C=O) groups is 1. The van der Waals surface area contributed by atoms with E-state index in [4.69, 9.17) is 0 Å². The minimum absolute atomic E-state index is 0.114. The number of likely N-dealkylation sites (N-methyl/N-ethyl adjacent to an activating group) is 2. The van der Waals surface area contributed by atoms with Crippen LogP contribution in [-0.2, 0) is 6.54 Å². The summed E-state index contributed by atoms with van der Waals surface area (Å²) in [6.45, 7) is 6.61. The van der Waals surface area contributed by atoms with Gasteiger partial charge in [0.05, 0.1) is 0 Å². The molecule has 2 aliphatic heterocycles. The van der Waals surface area contributed by atoms with E-state index >= 15 is 0 Å². The number of fused-ring (bicyclic) bond motifs is 4. The molecule has 0 saturated carbocycles. The summed E-state index contributed by atoms with van der Waals surface area (Å²) in [5.41, 5.74) is 1.28. The third-order valence-corrected chi connectivity index (χ3v) is 5.23. The fourth-order valence-corrected chi connectivity index (χ4v) is 3.85. The molecular weight excluding hydrogens is 304 g/mol. The summed E-state index contributed by atoms with van der Waals surface area (Å²) in [5.74, 6) is 0.745. The summed E-state index contributed by atoms with van der Waals surface area (Å²) >= 11 is 0. The Morgan fingerprint density at radius 3 is 2.79 bits per heavy atom. The van der Waals surface area contributed by atoms with E-state index in [1.54, 1.807) is 11.0 Å². The van der Waals surface area contributed by atoms with Gasteiger partial charge in [0.2, 0.25) is 0 Å². The third kappa shape index (κ3) is 3.26. The van der Waals surface area contributed by atoms with Gasteiger partial charge in [0.15, 0.2) is 0 Å². The topological polar surface area (TPSA) is 57.6 Å². The average molecular weight is 332 g/mol. The molecule has 0 aromatic carbocycles. The van der Waals surface area contributed by atoms with E-state index in [0.717, 1.165) is 38.3 Å². The average Bonchev–Trinajstić information content (AvgIpc) is 2.56. The van der Waals surface area contributed by atoms with Crippen LogP contribution in [0.2, 0.25) is 0 Å². The molecule has 1 saturated heterocycles. The predicted octanol–water partition coefficient (Wildman–Crippen LogP) is 0.579. The molecule has 1 fully saturated rings. The van der Waals surface area contributed by atoms with Crippen LogP contribution in [0.4, 0.5) is 0 Å². The first-order chi connectivity index (χ1) is 11.5. The van der Waals surface area contributed by atoms with Crippen molar-refractivity contribution >= 4 is 5.91 Å². The second-order valence-electron chi connectivity index (χ2n) is 7.23. The highest BCUT2D eigenvalue weighted by molar-refractivity contribution is 5.93. The van der Waals surface area contributed by atoms with E-state index in [-0.39, 0.29) is 11.5 Å². The Morgan fingerprint density at radius 2 is 2.08 bits per heavy atom. The molecule has 0 spiro atoms. The molecule has 3 heterocycles. The van der Waals surface area contributed by atoms with Gasteiger partial charge in [-0.15, -0.1) is 0 Å². The Morgan fingerprint density at radius 1 is 1.29 bits per heavy atom. The smallest absolute Gasteiger partial charge is 0.263 e. The van der Waals surface area contributed by atoms with Gasteiger partial charge in [-0.25, -0.2) is 0 Å². The minimum Gasteiger partial charge on any atom is -0.337 e. The molecule has 1 amide bonds. The van der Waals surface area contributed by atoms with Crippen molar-refractivity contribution in [3.8, 4) is 0 Å². The highest BCUT2D eigenvalue weighted by Crippen LogP contribution is 2.31. The lowest BCUT2D eigenvalue weighted by molar-refractivity contribution is 0.0751. The zero-order valence-electron chi connectivity index (χ0n) is 14.9. The molecule has 6 nitrogen and oxygen atoms in total. The SMILES string of the molecule is CCN(CCN(C)C)C(=O)c1ccc2n(c1=O)C[C@@H]1CNC[C@H]2C1. The number of piperidine rings is 1. The van der Waals surface area contributed by atoms with E-state index < -0.39 is 0 Å². The van der Waals surface area contributed by atoms with Gasteiger partial charge in [0.25, 0.3) is 11.5 Å². The largest absolute Gasteiger partial charge is 0.337 e. The van der Waals surface area contributed by atoms with Crippen molar-refractivity contribution in [2.75, 3.05) is 46.8 Å². The third-order valence-electron chi connectivity index (χ3n) is 5.23. The Bertz CT molecular complexity index is 667. The monoisotopic (exact) mass is 332 g/mol. The molecule has 1 aromatic heterocycles. The minimum atomic E-state index is -0.145. The number of rotatable bonds is 5. The maximum atomic E-state index is 12.9. The number of pyridine rings is 1. The van der Waals surface area contributed by atoms with Crippen LogP contribution in [0, 0.1) is 5.92 Å². The highest BCUT2D eigenvalue weighted by atomic mass is 16.2. The van der Waals surface area contributed by atoms with Crippen molar-refractivity contribution in [1.29, 1.82) is 0 Å². The summed E-state index contributed by atoms with van der Waals surface area (Å²) in [4.78, 5) is 29.6. The van der Waals surface area contributed by atoms with Crippen molar-refractivity contribution in [2.24, 2.45) is 5.92 Å². The number of amides is 1. The molecule has 6 heteroatoms. The molecule has 2 bridgehead atoms. The van der Waals surface area contributed by atoms with Crippen molar-refractivity contribution < 1.29 is 4.79 Å². The predicted molar refractivity (Wildman–Crippen MR) is 94.6 cm³/mol. The number of hydrogen-bond donors (Lipinski definition) is 1. The van der Waals surface area contributed by atoms with Crippen molar-refractivity contribution in [1.82, 2.24) is 19.7 Å². The van der Waals surface area contributed by atoms with Gasteiger partial charge in [-0.05, 0) is 52.0 Å². The summed E-state index contributed by atoms with van der Waals surface area (Å²) in [6.07, 6.45) is 1.14. The van der Waals surface area contributed by atoms with Gasteiger partial charge in [0.1, 0.15) is 5.56 Å². The standard InChI is InChI=1S/C18H28N4O2/c1-4-21(8-7-20(2)3)17(23)15-5-6-16-14-9-13(10-19-11-14)12-22(16)18(15)24/h5-6,13-14,19H,4,7-12H2,1-3H3/t13-,14+/m0/s1. The highest BCUT2D eigenvalue weighted by Gasteiger charge is 2.32. The van der Waals surface area contributed by atoms with Crippen LogP contribution in [0.5, 0.6) is 0 Å². The Hall–Kier alpha value is -1.66. The zero-order valence-corrected chi connectivity index (χ0v) is 14.9. The van der Waals surface area contributed by atoms with Crippen molar-refractivity contribution in [3.05, 3.63) is 33.7 Å². The van der Waals surface area contributed by atoms with Gasteiger partial charge in [-0.1, -0.05) is 0 Å². The molecule has 3 rings (SSSR count). The van der Waals surface area contributed by atoms with Gasteiger partial charge < -0.3 is 19.7 Å². The maximum Gasteiger partial charge on any atom is 0.263 e. The summed E-state index contributed by atoms with van der Waals surface area (Å²) in [7, 11) is 3.97. The van der Waals surface area contributed by atoms with Crippen LogP contribution in [0.1, 0.15) is 35.3 Å². The molecule has 2 aliphatic rings. The molecule has 0 unspecified atom stereocenters. The van der Waals surface area contributed by atoms with Crippen molar-refractivity contribution in [2.45, 2.75) is 25.8 Å². The van der Waals surface area contributed by atoms with Crippen LogP contribution in [0.3, 0.4) is 0 Å². The molecular formula is C18H28N4O2. The van der Waals surface area contributed by atoms with E-state index in [0.29, 0.717) is 30.5 Å². The first-order valence-corrected chi connectivity index (χ1v) is 8.89. The second-order valence-corrected chi connectivity index (χ2v) is 7.23. The number of carbonyl (C=O) groups excluding carboxylic acids is 1. The molecule has 0 aliphatic carbocycles. The molecule has 1 aromatic rings. The van der Waals surface area contributed by atoms with Gasteiger partial charge in [0, 0.05) is 44.3 Å². The van der Waals surface area contributed by atoms with Crippen LogP contribution in [0.15, 0.2) is 16.9 Å². The van der Waals surface area contributed by atoms with Crippen LogP contribution in [-0.4, -0.2) is 67.1 Å². The lowest BCUT2D eigenvalue weighted by Gasteiger charge is -2.37. The van der Waals surface area contributed by atoms with E-state index in [1.165, 1.54) is 0 Å². The summed E-state index contributed by atoms with van der Waals surface area (Å²) in [5, 5.41) is 3.44. The van der Waals surface area contributed by atoms with E-state index in [9.17, 15) is 9.59 Å². The Kier molecular flexibility index (Phi) is 5.06. The van der Waals surface area contributed by atoms with Crippen LogP contribution < -0.4 is 10.9 Å².